The Morgan fingerprint density at radius 3 is 2.59 bits per heavy atom. The van der Waals surface area contributed by atoms with Crippen LogP contribution in [-0.2, 0) is 17.6 Å². The van der Waals surface area contributed by atoms with Crippen molar-refractivity contribution in [2.45, 2.75) is 18.9 Å². The lowest BCUT2D eigenvalue weighted by Crippen LogP contribution is -2.28. The molecule has 1 aliphatic rings. The van der Waals surface area contributed by atoms with Crippen LogP contribution in [0.4, 0.5) is 5.69 Å². The van der Waals surface area contributed by atoms with Crippen molar-refractivity contribution >= 4 is 40.4 Å². The topological polar surface area (TPSA) is 66.4 Å². The normalized spacial score (nSPS) is 15.2. The minimum atomic E-state index is -1.02. The molecular weight excluding hydrogens is 382 g/mol. The highest BCUT2D eigenvalue weighted by molar-refractivity contribution is 7.14. The molecule has 0 spiro atoms. The number of carboxylic acids is 1. The molecule has 4 rings (SSSR count). The summed E-state index contributed by atoms with van der Waals surface area (Å²) in [6.45, 7) is 0. The Bertz CT molecular complexity index is 1000. The second-order valence-electron chi connectivity index (χ2n) is 6.48. The molecule has 2 aromatic carbocycles. The highest BCUT2D eigenvalue weighted by atomic mass is 35.5. The van der Waals surface area contributed by atoms with Crippen LogP contribution >= 0.6 is 22.9 Å². The van der Waals surface area contributed by atoms with Gasteiger partial charge in [-0.25, -0.2) is 4.79 Å². The first-order chi connectivity index (χ1) is 13.0. The Kier molecular flexibility index (Phi) is 4.72. The number of fused-ring (bicyclic) bond motifs is 1. The molecule has 4 nitrogen and oxygen atoms in total. The molecule has 2 N–H and O–H groups in total. The van der Waals surface area contributed by atoms with Crippen molar-refractivity contribution in [1.29, 1.82) is 0 Å². The van der Waals surface area contributed by atoms with Gasteiger partial charge in [0.25, 0.3) is 0 Å². The van der Waals surface area contributed by atoms with E-state index in [9.17, 15) is 14.7 Å². The number of carbonyl (C=O) groups is 2. The van der Waals surface area contributed by atoms with Gasteiger partial charge in [-0.05, 0) is 40.3 Å². The van der Waals surface area contributed by atoms with E-state index in [1.807, 2.05) is 24.3 Å². The number of thiophene rings is 1. The van der Waals surface area contributed by atoms with Gasteiger partial charge in [0.1, 0.15) is 0 Å². The number of rotatable bonds is 5. The van der Waals surface area contributed by atoms with E-state index >= 15 is 0 Å². The lowest BCUT2D eigenvalue weighted by atomic mass is 9.98. The zero-order chi connectivity index (χ0) is 19.0. The van der Waals surface area contributed by atoms with Crippen LogP contribution in [0.1, 0.15) is 21.5 Å². The maximum atomic E-state index is 12.8. The average molecular weight is 398 g/mol. The summed E-state index contributed by atoms with van der Waals surface area (Å²) in [5, 5.41) is 15.3. The minimum absolute atomic E-state index is 0.00541. The molecular formula is C21H16ClNO3S. The number of anilines is 1. The predicted molar refractivity (Wildman–Crippen MR) is 108 cm³/mol. The van der Waals surface area contributed by atoms with Crippen LogP contribution < -0.4 is 5.32 Å². The van der Waals surface area contributed by atoms with E-state index in [0.717, 1.165) is 16.8 Å². The molecule has 1 aromatic heterocycles. The van der Waals surface area contributed by atoms with Gasteiger partial charge < -0.3 is 10.4 Å². The predicted octanol–water partition coefficient (Wildman–Crippen LogP) is 4.92. The zero-order valence-corrected chi connectivity index (χ0v) is 15.8. The van der Waals surface area contributed by atoms with Gasteiger partial charge in [0.05, 0.1) is 11.6 Å². The molecule has 1 aliphatic heterocycles. The highest BCUT2D eigenvalue weighted by Gasteiger charge is 2.28. The van der Waals surface area contributed by atoms with E-state index < -0.39 is 5.97 Å². The second-order valence-corrected chi connectivity index (χ2v) is 7.79. The van der Waals surface area contributed by atoms with E-state index in [1.54, 1.807) is 29.6 Å². The largest absolute Gasteiger partial charge is 0.478 e. The Morgan fingerprint density at radius 2 is 1.89 bits per heavy atom. The van der Waals surface area contributed by atoms with Crippen LogP contribution in [-0.4, -0.2) is 22.9 Å². The van der Waals surface area contributed by atoms with Crippen molar-refractivity contribution in [2.24, 2.45) is 0 Å². The molecule has 27 heavy (non-hydrogen) atoms. The van der Waals surface area contributed by atoms with Crippen LogP contribution in [0.15, 0.2) is 53.9 Å². The number of carboxylic acid groups (broad SMARTS) is 1. The van der Waals surface area contributed by atoms with E-state index in [2.05, 4.69) is 5.32 Å². The smallest absolute Gasteiger partial charge is 0.337 e. The Balaban J connectivity index is 1.58. The molecule has 0 radical (unpaired) electrons. The van der Waals surface area contributed by atoms with Crippen molar-refractivity contribution in [3.05, 3.63) is 75.6 Å². The number of para-hydroxylation sites is 1. The van der Waals surface area contributed by atoms with Crippen LogP contribution in [0, 0.1) is 0 Å². The fraction of sp³-hybridized carbons (Fsp3) is 0.143. The number of benzene rings is 2. The van der Waals surface area contributed by atoms with Gasteiger partial charge in [-0.3, -0.25) is 4.79 Å². The molecule has 0 saturated heterocycles. The summed E-state index contributed by atoms with van der Waals surface area (Å²) in [4.78, 5) is 25.3. The monoisotopic (exact) mass is 397 g/mol. The first kappa shape index (κ1) is 17.8. The zero-order valence-electron chi connectivity index (χ0n) is 14.2. The number of ketones is 1. The van der Waals surface area contributed by atoms with Crippen molar-refractivity contribution in [1.82, 2.24) is 0 Å². The number of Topliss-reactive ketones (excluding diaryl/α,β-unsaturated/α-hetero) is 1. The van der Waals surface area contributed by atoms with E-state index in [-0.39, 0.29) is 23.8 Å². The van der Waals surface area contributed by atoms with Crippen LogP contribution in [0.5, 0.6) is 0 Å². The van der Waals surface area contributed by atoms with Crippen LogP contribution in [0.3, 0.4) is 0 Å². The van der Waals surface area contributed by atoms with Crippen molar-refractivity contribution in [3.63, 3.8) is 0 Å². The Labute approximate surface area is 165 Å². The number of halogens is 1. The molecule has 136 valence electrons. The first-order valence-electron chi connectivity index (χ1n) is 8.49. The van der Waals surface area contributed by atoms with Gasteiger partial charge in [0.2, 0.25) is 0 Å². The van der Waals surface area contributed by atoms with Gasteiger partial charge in [-0.2, -0.15) is 0 Å². The average Bonchev–Trinajstić information content (AvgIpc) is 3.26. The maximum Gasteiger partial charge on any atom is 0.337 e. The summed E-state index contributed by atoms with van der Waals surface area (Å²) in [5.74, 6) is -1.03. The summed E-state index contributed by atoms with van der Waals surface area (Å²) in [5.41, 5.74) is 3.63. The SMILES string of the molecule is O=C(O)c1c(CC(=O)C2Cc3ccccc3N2)csc1-c1ccc(Cl)cc1. The van der Waals surface area contributed by atoms with Gasteiger partial charge in [-0.1, -0.05) is 41.9 Å². The van der Waals surface area contributed by atoms with Crippen molar-refractivity contribution in [3.8, 4) is 10.4 Å². The lowest BCUT2D eigenvalue weighted by molar-refractivity contribution is -0.119. The molecule has 2 heterocycles. The molecule has 6 heteroatoms. The number of aromatic carboxylic acids is 1. The lowest BCUT2D eigenvalue weighted by Gasteiger charge is -2.10. The first-order valence-corrected chi connectivity index (χ1v) is 9.75. The summed E-state index contributed by atoms with van der Waals surface area (Å²) in [7, 11) is 0. The molecule has 1 unspecified atom stereocenters. The van der Waals surface area contributed by atoms with E-state index in [0.29, 0.717) is 21.9 Å². The standard InChI is InChI=1S/C21H16ClNO3S/c22-15-7-5-12(6-8-15)20-19(21(25)26)14(11-27-20)10-18(24)17-9-13-3-1-2-4-16(13)23-17/h1-8,11,17,23H,9-10H2,(H,25,26). The third-order valence-corrected chi connectivity index (χ3v) is 6.04. The highest BCUT2D eigenvalue weighted by Crippen LogP contribution is 2.35. The molecule has 1 atom stereocenters. The van der Waals surface area contributed by atoms with E-state index in [1.165, 1.54) is 11.3 Å². The number of nitrogens with one attached hydrogen (secondary N) is 1. The van der Waals surface area contributed by atoms with Crippen LogP contribution in [0.2, 0.25) is 5.02 Å². The molecule has 0 amide bonds. The summed E-state index contributed by atoms with van der Waals surface area (Å²) < 4.78 is 0. The number of hydrogen-bond donors (Lipinski definition) is 2. The summed E-state index contributed by atoms with van der Waals surface area (Å²) >= 11 is 7.26. The van der Waals surface area contributed by atoms with Crippen molar-refractivity contribution in [2.75, 3.05) is 5.32 Å². The van der Waals surface area contributed by atoms with Crippen LogP contribution in [0.25, 0.3) is 10.4 Å². The number of hydrogen-bond acceptors (Lipinski definition) is 4. The van der Waals surface area contributed by atoms with E-state index in [4.69, 9.17) is 11.6 Å². The second kappa shape index (κ2) is 7.18. The molecule has 3 aromatic rings. The van der Waals surface area contributed by atoms with Gasteiger partial charge in [0.15, 0.2) is 5.78 Å². The van der Waals surface area contributed by atoms with Gasteiger partial charge in [0, 0.05) is 28.4 Å². The maximum absolute atomic E-state index is 12.8. The van der Waals surface area contributed by atoms with Crippen molar-refractivity contribution < 1.29 is 14.7 Å². The molecule has 0 saturated carbocycles. The van der Waals surface area contributed by atoms with Gasteiger partial charge in [-0.15, -0.1) is 11.3 Å². The third-order valence-electron chi connectivity index (χ3n) is 4.71. The number of carbonyl (C=O) groups excluding carboxylic acids is 1. The fourth-order valence-corrected chi connectivity index (χ4v) is 4.57. The van der Waals surface area contributed by atoms with Gasteiger partial charge >= 0.3 is 5.97 Å². The third kappa shape index (κ3) is 3.48. The fourth-order valence-electron chi connectivity index (χ4n) is 3.37. The Hall–Kier alpha value is -2.63. The minimum Gasteiger partial charge on any atom is -0.478 e. The molecule has 0 aliphatic carbocycles. The summed E-state index contributed by atoms with van der Waals surface area (Å²) in [6, 6.07) is 14.6. The molecule has 0 fully saturated rings. The Morgan fingerprint density at radius 1 is 1.15 bits per heavy atom. The molecule has 0 bridgehead atoms. The summed E-state index contributed by atoms with van der Waals surface area (Å²) in [6.07, 6.45) is 0.725. The quantitative estimate of drug-likeness (QED) is 0.641.